The van der Waals surface area contributed by atoms with Crippen molar-refractivity contribution in [3.05, 3.63) is 71.3 Å². The first-order valence-corrected chi connectivity index (χ1v) is 8.39. The summed E-state index contributed by atoms with van der Waals surface area (Å²) in [6.07, 6.45) is 1.23. The van der Waals surface area contributed by atoms with Gasteiger partial charge in [0.15, 0.2) is 0 Å². The third kappa shape index (κ3) is 2.47. The van der Waals surface area contributed by atoms with Gasteiger partial charge < -0.3 is 4.90 Å². The smallest absolute Gasteiger partial charge is 0.0361 e. The summed E-state index contributed by atoms with van der Waals surface area (Å²) >= 11 is 0. The lowest BCUT2D eigenvalue weighted by Gasteiger charge is -2.37. The van der Waals surface area contributed by atoms with E-state index in [2.05, 4.69) is 71.4 Å². The third-order valence-corrected chi connectivity index (χ3v) is 5.37. The molecule has 0 radical (unpaired) electrons. The molecule has 0 N–H and O–H groups in total. The van der Waals surface area contributed by atoms with Gasteiger partial charge in [0, 0.05) is 38.1 Å². The van der Waals surface area contributed by atoms with Crippen molar-refractivity contribution in [1.29, 1.82) is 0 Å². The van der Waals surface area contributed by atoms with Gasteiger partial charge >= 0.3 is 0 Å². The Labute approximate surface area is 133 Å². The van der Waals surface area contributed by atoms with E-state index in [-0.39, 0.29) is 0 Å². The molecule has 0 amide bonds. The molecule has 0 aromatic heterocycles. The normalized spacial score (nSPS) is 26.0. The molecule has 2 atom stereocenters. The molecule has 2 aromatic rings. The molecule has 1 saturated heterocycles. The molecule has 2 aromatic carbocycles. The molecule has 0 bridgehead atoms. The van der Waals surface area contributed by atoms with Crippen LogP contribution in [0, 0.1) is 0 Å². The second-order valence-electron chi connectivity index (χ2n) is 6.68. The predicted octanol–water partition coefficient (Wildman–Crippen LogP) is 3.51. The van der Waals surface area contributed by atoms with Crippen molar-refractivity contribution in [2.75, 3.05) is 33.2 Å². The first-order chi connectivity index (χ1) is 10.8. The van der Waals surface area contributed by atoms with E-state index in [0.717, 1.165) is 0 Å². The number of rotatable bonds is 2. The fourth-order valence-electron chi connectivity index (χ4n) is 4.09. The quantitative estimate of drug-likeness (QED) is 0.836. The summed E-state index contributed by atoms with van der Waals surface area (Å²) in [5.74, 6) is 0.557. The standard InChI is InChI=1S/C20H24N2/c1-21-11-13-22(14-12-21)20-15-19(16-7-3-2-4-8-16)17-9-5-6-10-18(17)20/h2-10,19-20H,11-15H2,1H3. The summed E-state index contributed by atoms with van der Waals surface area (Å²) in [4.78, 5) is 5.13. The number of likely N-dealkylation sites (N-methyl/N-ethyl adjacent to an activating group) is 1. The fourth-order valence-corrected chi connectivity index (χ4v) is 4.09. The molecule has 0 spiro atoms. The predicted molar refractivity (Wildman–Crippen MR) is 91.2 cm³/mol. The summed E-state index contributed by atoms with van der Waals surface area (Å²) in [5.41, 5.74) is 4.56. The van der Waals surface area contributed by atoms with E-state index >= 15 is 0 Å². The van der Waals surface area contributed by atoms with Crippen LogP contribution < -0.4 is 0 Å². The SMILES string of the molecule is CN1CCN(C2CC(c3ccccc3)c3ccccc32)CC1. The van der Waals surface area contributed by atoms with Gasteiger partial charge in [0.1, 0.15) is 0 Å². The summed E-state index contributed by atoms with van der Waals surface area (Å²) in [6.45, 7) is 4.76. The van der Waals surface area contributed by atoms with E-state index in [4.69, 9.17) is 0 Å². The van der Waals surface area contributed by atoms with E-state index in [1.165, 1.54) is 43.7 Å². The van der Waals surface area contributed by atoms with Crippen molar-refractivity contribution in [2.45, 2.75) is 18.4 Å². The van der Waals surface area contributed by atoms with E-state index in [9.17, 15) is 0 Å². The number of nitrogens with zero attached hydrogens (tertiary/aromatic N) is 2. The van der Waals surface area contributed by atoms with Gasteiger partial charge in [-0.3, -0.25) is 4.90 Å². The highest BCUT2D eigenvalue weighted by Gasteiger charge is 2.35. The first-order valence-electron chi connectivity index (χ1n) is 8.39. The van der Waals surface area contributed by atoms with Crippen LogP contribution in [0.15, 0.2) is 54.6 Å². The number of piperazine rings is 1. The molecular weight excluding hydrogens is 268 g/mol. The molecule has 1 fully saturated rings. The number of hydrogen-bond donors (Lipinski definition) is 0. The van der Waals surface area contributed by atoms with Crippen molar-refractivity contribution in [2.24, 2.45) is 0 Å². The van der Waals surface area contributed by atoms with Crippen LogP contribution in [0.2, 0.25) is 0 Å². The molecule has 1 aliphatic carbocycles. The number of benzene rings is 2. The van der Waals surface area contributed by atoms with Crippen LogP contribution in [0.3, 0.4) is 0 Å². The van der Waals surface area contributed by atoms with Crippen LogP contribution in [-0.2, 0) is 0 Å². The van der Waals surface area contributed by atoms with Crippen molar-refractivity contribution < 1.29 is 0 Å². The lowest BCUT2D eigenvalue weighted by molar-refractivity contribution is 0.110. The zero-order valence-corrected chi connectivity index (χ0v) is 13.3. The first kappa shape index (κ1) is 14.0. The maximum absolute atomic E-state index is 2.70. The van der Waals surface area contributed by atoms with Gasteiger partial charge in [-0.1, -0.05) is 54.6 Å². The lowest BCUT2D eigenvalue weighted by Crippen LogP contribution is -2.45. The van der Waals surface area contributed by atoms with Crippen LogP contribution in [0.5, 0.6) is 0 Å². The van der Waals surface area contributed by atoms with Gasteiger partial charge in [-0.05, 0) is 30.2 Å². The minimum Gasteiger partial charge on any atom is -0.304 e. The van der Waals surface area contributed by atoms with Crippen LogP contribution in [0.1, 0.15) is 35.1 Å². The molecular formula is C20H24N2. The number of fused-ring (bicyclic) bond motifs is 1. The maximum atomic E-state index is 2.70. The average molecular weight is 292 g/mol. The van der Waals surface area contributed by atoms with Crippen LogP contribution in [-0.4, -0.2) is 43.0 Å². The molecule has 1 aliphatic heterocycles. The van der Waals surface area contributed by atoms with Crippen molar-refractivity contribution >= 4 is 0 Å². The number of hydrogen-bond acceptors (Lipinski definition) is 2. The fraction of sp³-hybridized carbons (Fsp3) is 0.400. The summed E-state index contributed by atoms with van der Waals surface area (Å²) < 4.78 is 0. The van der Waals surface area contributed by atoms with E-state index < -0.39 is 0 Å². The third-order valence-electron chi connectivity index (χ3n) is 5.37. The Morgan fingerprint density at radius 2 is 1.41 bits per heavy atom. The maximum Gasteiger partial charge on any atom is 0.0361 e. The summed E-state index contributed by atoms with van der Waals surface area (Å²) in [6, 6.07) is 20.7. The highest BCUT2D eigenvalue weighted by atomic mass is 15.3. The topological polar surface area (TPSA) is 6.48 Å². The van der Waals surface area contributed by atoms with Gasteiger partial charge in [-0.2, -0.15) is 0 Å². The van der Waals surface area contributed by atoms with Gasteiger partial charge in [0.25, 0.3) is 0 Å². The van der Waals surface area contributed by atoms with Crippen molar-refractivity contribution in [3.8, 4) is 0 Å². The van der Waals surface area contributed by atoms with E-state index in [0.29, 0.717) is 12.0 Å². The molecule has 2 unspecified atom stereocenters. The molecule has 2 aliphatic rings. The molecule has 1 heterocycles. The molecule has 4 rings (SSSR count). The second kappa shape index (κ2) is 5.86. The highest BCUT2D eigenvalue weighted by Crippen LogP contribution is 2.46. The van der Waals surface area contributed by atoms with E-state index in [1.54, 1.807) is 5.56 Å². The van der Waals surface area contributed by atoms with Gasteiger partial charge in [0.05, 0.1) is 0 Å². The molecule has 114 valence electrons. The molecule has 2 nitrogen and oxygen atoms in total. The Morgan fingerprint density at radius 3 is 2.14 bits per heavy atom. The molecule has 0 saturated carbocycles. The average Bonchev–Trinajstić information content (AvgIpc) is 2.96. The minimum atomic E-state index is 0.557. The molecule has 22 heavy (non-hydrogen) atoms. The minimum absolute atomic E-state index is 0.557. The van der Waals surface area contributed by atoms with Gasteiger partial charge in [-0.15, -0.1) is 0 Å². The Balaban J connectivity index is 1.65. The van der Waals surface area contributed by atoms with Crippen LogP contribution >= 0.6 is 0 Å². The Kier molecular flexibility index (Phi) is 3.73. The van der Waals surface area contributed by atoms with Crippen LogP contribution in [0.25, 0.3) is 0 Å². The molecule has 2 heteroatoms. The second-order valence-corrected chi connectivity index (χ2v) is 6.68. The zero-order chi connectivity index (χ0) is 14.9. The zero-order valence-electron chi connectivity index (χ0n) is 13.3. The van der Waals surface area contributed by atoms with Crippen molar-refractivity contribution in [3.63, 3.8) is 0 Å². The van der Waals surface area contributed by atoms with Crippen molar-refractivity contribution in [1.82, 2.24) is 9.80 Å². The summed E-state index contributed by atoms with van der Waals surface area (Å²) in [5, 5.41) is 0. The largest absolute Gasteiger partial charge is 0.304 e. The Morgan fingerprint density at radius 1 is 0.773 bits per heavy atom. The highest BCUT2D eigenvalue weighted by molar-refractivity contribution is 5.44. The monoisotopic (exact) mass is 292 g/mol. The Hall–Kier alpha value is -1.64. The summed E-state index contributed by atoms with van der Waals surface area (Å²) in [7, 11) is 2.23. The van der Waals surface area contributed by atoms with E-state index in [1.807, 2.05) is 0 Å². The van der Waals surface area contributed by atoms with Gasteiger partial charge in [0.2, 0.25) is 0 Å². The van der Waals surface area contributed by atoms with Gasteiger partial charge in [-0.25, -0.2) is 0 Å². The van der Waals surface area contributed by atoms with Crippen LogP contribution in [0.4, 0.5) is 0 Å². The lowest BCUT2D eigenvalue weighted by atomic mass is 9.93. The Bertz CT molecular complexity index is 629.